The van der Waals surface area contributed by atoms with E-state index < -0.39 is 0 Å². The Bertz CT molecular complexity index is 779. The van der Waals surface area contributed by atoms with Crippen molar-refractivity contribution in [3.8, 4) is 11.5 Å². The number of nitrogens with zero attached hydrogens (tertiary/aromatic N) is 3. The highest BCUT2D eigenvalue weighted by molar-refractivity contribution is 7.22. The third-order valence-electron chi connectivity index (χ3n) is 5.31. The molecule has 2 aliphatic rings. The third kappa shape index (κ3) is 4.53. The van der Waals surface area contributed by atoms with Crippen molar-refractivity contribution < 1.29 is 14.3 Å². The number of rotatable bonds is 6. The van der Waals surface area contributed by atoms with E-state index in [1.807, 2.05) is 17.0 Å². The van der Waals surface area contributed by atoms with Crippen LogP contribution in [-0.2, 0) is 4.79 Å². The van der Waals surface area contributed by atoms with Crippen LogP contribution >= 0.6 is 23.7 Å². The van der Waals surface area contributed by atoms with Crippen LogP contribution < -0.4 is 14.4 Å². The van der Waals surface area contributed by atoms with E-state index in [0.717, 1.165) is 65.5 Å². The molecule has 1 fully saturated rings. The van der Waals surface area contributed by atoms with E-state index in [0.29, 0.717) is 6.54 Å². The van der Waals surface area contributed by atoms with E-state index in [2.05, 4.69) is 19.0 Å². The molecule has 154 valence electrons. The molecule has 0 unspecified atom stereocenters. The van der Waals surface area contributed by atoms with Gasteiger partial charge in [0.1, 0.15) is 0 Å². The maximum Gasteiger partial charge on any atom is 0.231 e. The summed E-state index contributed by atoms with van der Waals surface area (Å²) >= 11 is 1.57. The zero-order chi connectivity index (χ0) is 18.8. The van der Waals surface area contributed by atoms with Crippen LogP contribution in [0.15, 0.2) is 12.1 Å². The highest BCUT2D eigenvalue weighted by Crippen LogP contribution is 2.40. The molecule has 0 radical (unpaired) electrons. The van der Waals surface area contributed by atoms with E-state index in [4.69, 9.17) is 14.5 Å². The van der Waals surface area contributed by atoms with Crippen molar-refractivity contribution in [1.82, 2.24) is 9.88 Å². The molecule has 2 aromatic rings. The smallest absolute Gasteiger partial charge is 0.231 e. The summed E-state index contributed by atoms with van der Waals surface area (Å²) in [5.41, 5.74) is 0.869. The molecule has 0 spiro atoms. The number of hydrogen-bond acceptors (Lipinski definition) is 6. The zero-order valence-electron chi connectivity index (χ0n) is 16.5. The number of halogens is 1. The highest BCUT2D eigenvalue weighted by Gasteiger charge is 2.29. The summed E-state index contributed by atoms with van der Waals surface area (Å²) in [5, 5.41) is 0.794. The van der Waals surface area contributed by atoms with Crippen LogP contribution in [0, 0.1) is 5.92 Å². The number of aromatic nitrogens is 1. The Hall–Kier alpha value is -1.57. The molecule has 0 bridgehead atoms. The molecule has 1 saturated carbocycles. The Morgan fingerprint density at radius 3 is 2.57 bits per heavy atom. The fourth-order valence-corrected chi connectivity index (χ4v) is 4.84. The van der Waals surface area contributed by atoms with Gasteiger partial charge in [-0.05, 0) is 39.9 Å². The van der Waals surface area contributed by atoms with Crippen molar-refractivity contribution in [3.05, 3.63) is 12.1 Å². The first-order chi connectivity index (χ1) is 13.1. The molecule has 0 saturated heterocycles. The van der Waals surface area contributed by atoms with Crippen LogP contribution in [0.2, 0.25) is 0 Å². The molecule has 1 aromatic carbocycles. The van der Waals surface area contributed by atoms with E-state index in [9.17, 15) is 4.79 Å². The number of hydrogen-bond donors (Lipinski definition) is 0. The van der Waals surface area contributed by atoms with Crippen LogP contribution in [0.25, 0.3) is 10.2 Å². The van der Waals surface area contributed by atoms with Crippen LogP contribution in [0.5, 0.6) is 11.5 Å². The van der Waals surface area contributed by atoms with Crippen molar-refractivity contribution in [2.24, 2.45) is 5.92 Å². The number of amides is 1. The quantitative estimate of drug-likeness (QED) is 0.690. The maximum atomic E-state index is 13.3. The number of thiazole rings is 1. The molecule has 4 rings (SSSR count). The van der Waals surface area contributed by atoms with Gasteiger partial charge in [-0.1, -0.05) is 30.6 Å². The lowest BCUT2D eigenvalue weighted by Gasteiger charge is -2.28. The molecule has 2 heterocycles. The summed E-state index contributed by atoms with van der Waals surface area (Å²) in [6.45, 7) is 1.92. The van der Waals surface area contributed by atoms with E-state index in [-0.39, 0.29) is 31.0 Å². The average molecular weight is 426 g/mol. The molecule has 1 amide bonds. The van der Waals surface area contributed by atoms with Gasteiger partial charge in [0.05, 0.1) is 10.2 Å². The molecular formula is C20H28ClN3O3S. The topological polar surface area (TPSA) is 54.9 Å². The maximum absolute atomic E-state index is 13.3. The van der Waals surface area contributed by atoms with Gasteiger partial charge in [-0.2, -0.15) is 0 Å². The predicted molar refractivity (Wildman–Crippen MR) is 115 cm³/mol. The second-order valence-corrected chi connectivity index (χ2v) is 8.66. The van der Waals surface area contributed by atoms with Crippen molar-refractivity contribution >= 4 is 45.0 Å². The van der Waals surface area contributed by atoms with Gasteiger partial charge in [0.2, 0.25) is 12.7 Å². The molecule has 1 aliphatic carbocycles. The van der Waals surface area contributed by atoms with Gasteiger partial charge in [0.25, 0.3) is 0 Å². The standard InChI is InChI=1S/C20H27N3O3S.ClH/c1-22(2)9-6-10-23(19(24)14-7-4-3-5-8-14)20-21-15-11-16-17(26-13-25-16)12-18(15)27-20;/h11-12,14H,3-10,13H2,1-2H3;1H. The van der Waals surface area contributed by atoms with Gasteiger partial charge < -0.3 is 14.4 Å². The minimum absolute atomic E-state index is 0. The van der Waals surface area contributed by atoms with E-state index in [1.165, 1.54) is 6.42 Å². The minimum Gasteiger partial charge on any atom is -0.454 e. The van der Waals surface area contributed by atoms with Crippen molar-refractivity contribution in [3.63, 3.8) is 0 Å². The van der Waals surface area contributed by atoms with Crippen LogP contribution in [0.3, 0.4) is 0 Å². The fourth-order valence-electron chi connectivity index (χ4n) is 3.84. The molecule has 1 aliphatic heterocycles. The lowest BCUT2D eigenvalue weighted by molar-refractivity contribution is -0.123. The van der Waals surface area contributed by atoms with Crippen LogP contribution in [-0.4, -0.2) is 49.8 Å². The van der Waals surface area contributed by atoms with Crippen molar-refractivity contribution in [1.29, 1.82) is 0 Å². The molecule has 0 atom stereocenters. The first-order valence-electron chi connectivity index (χ1n) is 9.78. The SMILES string of the molecule is CN(C)CCCN(C(=O)C1CCCCC1)c1nc2cc3c(cc2s1)OCO3.Cl. The van der Waals surface area contributed by atoms with Crippen molar-refractivity contribution in [2.45, 2.75) is 38.5 Å². The number of fused-ring (bicyclic) bond motifs is 2. The van der Waals surface area contributed by atoms with Gasteiger partial charge in [0, 0.05) is 24.6 Å². The van der Waals surface area contributed by atoms with Crippen LogP contribution in [0.4, 0.5) is 5.13 Å². The number of carbonyl (C=O) groups excluding carboxylic acids is 1. The molecule has 1 aromatic heterocycles. The fraction of sp³-hybridized carbons (Fsp3) is 0.600. The highest BCUT2D eigenvalue weighted by atomic mass is 35.5. The van der Waals surface area contributed by atoms with Gasteiger partial charge >= 0.3 is 0 Å². The Morgan fingerprint density at radius 2 is 1.86 bits per heavy atom. The summed E-state index contributed by atoms with van der Waals surface area (Å²) in [6.07, 6.45) is 6.50. The third-order valence-corrected chi connectivity index (χ3v) is 6.35. The summed E-state index contributed by atoms with van der Waals surface area (Å²) in [7, 11) is 4.12. The Kier molecular flexibility index (Phi) is 7.01. The lowest BCUT2D eigenvalue weighted by Crippen LogP contribution is -2.38. The molecule has 0 N–H and O–H groups in total. The number of benzene rings is 1. The van der Waals surface area contributed by atoms with E-state index in [1.54, 1.807) is 11.3 Å². The second-order valence-electron chi connectivity index (χ2n) is 7.65. The summed E-state index contributed by atoms with van der Waals surface area (Å²) in [6, 6.07) is 3.89. The predicted octanol–water partition coefficient (Wildman–Crippen LogP) is 4.31. The van der Waals surface area contributed by atoms with E-state index >= 15 is 0 Å². The largest absolute Gasteiger partial charge is 0.454 e. The van der Waals surface area contributed by atoms with Gasteiger partial charge in [0.15, 0.2) is 16.6 Å². The average Bonchev–Trinajstić information content (AvgIpc) is 3.28. The summed E-state index contributed by atoms with van der Waals surface area (Å²) < 4.78 is 12.0. The second kappa shape index (κ2) is 9.29. The Morgan fingerprint density at radius 1 is 1.14 bits per heavy atom. The Labute approximate surface area is 176 Å². The molecule has 8 heteroatoms. The zero-order valence-corrected chi connectivity index (χ0v) is 18.1. The van der Waals surface area contributed by atoms with Crippen LogP contribution in [0.1, 0.15) is 38.5 Å². The van der Waals surface area contributed by atoms with Gasteiger partial charge in [-0.3, -0.25) is 9.69 Å². The first-order valence-corrected chi connectivity index (χ1v) is 10.6. The molecular weight excluding hydrogens is 398 g/mol. The summed E-state index contributed by atoms with van der Waals surface area (Å²) in [4.78, 5) is 22.1. The number of carbonyl (C=O) groups is 1. The number of anilines is 1. The van der Waals surface area contributed by atoms with Gasteiger partial charge in [-0.25, -0.2) is 4.98 Å². The summed E-state index contributed by atoms with van der Waals surface area (Å²) in [5.74, 6) is 1.88. The van der Waals surface area contributed by atoms with Crippen molar-refractivity contribution in [2.75, 3.05) is 38.9 Å². The number of ether oxygens (including phenoxy) is 2. The molecule has 6 nitrogen and oxygen atoms in total. The Balaban J connectivity index is 0.00000225. The van der Waals surface area contributed by atoms with Gasteiger partial charge in [-0.15, -0.1) is 12.4 Å². The normalized spacial score (nSPS) is 16.4. The monoisotopic (exact) mass is 425 g/mol. The first kappa shape index (κ1) is 21.1. The minimum atomic E-state index is 0. The molecule has 28 heavy (non-hydrogen) atoms. The lowest BCUT2D eigenvalue weighted by atomic mass is 9.88.